The standard InChI is InChI=1S/C14H23O2P.CO2/c1-4-13(2)11-17(3,15)12-16-10-14-8-6-5-7-9-14;2-1-3/h5-9,13H,4,10-12H2,1-3H3;/t13-,17-;/m0./s1. The van der Waals surface area contributed by atoms with Gasteiger partial charge in [0.05, 0.1) is 13.0 Å². The number of ether oxygens (including phenoxy) is 1. The molecule has 0 fully saturated rings. The molecule has 0 radical (unpaired) electrons. The van der Waals surface area contributed by atoms with Crippen molar-refractivity contribution in [2.24, 2.45) is 5.92 Å². The minimum atomic E-state index is -2.12. The predicted octanol–water partition coefficient (Wildman–Crippen LogP) is 3.62. The molecule has 112 valence electrons. The van der Waals surface area contributed by atoms with Crippen LogP contribution in [0.4, 0.5) is 0 Å². The molecule has 20 heavy (non-hydrogen) atoms. The molecule has 0 bridgehead atoms. The van der Waals surface area contributed by atoms with Crippen molar-refractivity contribution in [3.8, 4) is 0 Å². The van der Waals surface area contributed by atoms with Gasteiger partial charge in [-0.15, -0.1) is 0 Å². The highest BCUT2D eigenvalue weighted by Gasteiger charge is 2.18. The third-order valence-corrected chi connectivity index (χ3v) is 5.00. The van der Waals surface area contributed by atoms with Crippen molar-refractivity contribution in [1.29, 1.82) is 0 Å². The molecule has 0 unspecified atom stereocenters. The lowest BCUT2D eigenvalue weighted by molar-refractivity contribution is -0.191. The summed E-state index contributed by atoms with van der Waals surface area (Å²) in [6, 6.07) is 10.0. The summed E-state index contributed by atoms with van der Waals surface area (Å²) in [6.45, 7) is 6.69. The second kappa shape index (κ2) is 10.6. The Morgan fingerprint density at radius 3 is 2.30 bits per heavy atom. The van der Waals surface area contributed by atoms with Crippen LogP contribution in [0.2, 0.25) is 0 Å². The monoisotopic (exact) mass is 298 g/mol. The van der Waals surface area contributed by atoms with Crippen molar-refractivity contribution in [2.75, 3.05) is 19.2 Å². The molecule has 0 spiro atoms. The van der Waals surface area contributed by atoms with Crippen LogP contribution in [-0.2, 0) is 25.5 Å². The van der Waals surface area contributed by atoms with E-state index in [2.05, 4.69) is 13.8 Å². The van der Waals surface area contributed by atoms with Crippen LogP contribution in [0.1, 0.15) is 25.8 Å². The first-order valence-corrected chi connectivity index (χ1v) is 9.14. The molecule has 1 aromatic rings. The molecular formula is C15H23O4P. The lowest BCUT2D eigenvalue weighted by Crippen LogP contribution is -2.05. The lowest BCUT2D eigenvalue weighted by Gasteiger charge is -2.17. The zero-order valence-electron chi connectivity index (χ0n) is 12.4. The van der Waals surface area contributed by atoms with E-state index in [1.165, 1.54) is 0 Å². The van der Waals surface area contributed by atoms with Gasteiger partial charge in [-0.1, -0.05) is 50.6 Å². The van der Waals surface area contributed by atoms with Crippen LogP contribution in [-0.4, -0.2) is 25.3 Å². The third-order valence-electron chi connectivity index (χ3n) is 2.87. The van der Waals surface area contributed by atoms with Gasteiger partial charge in [-0.3, -0.25) is 0 Å². The molecule has 4 nitrogen and oxygen atoms in total. The first-order valence-electron chi connectivity index (χ1n) is 6.61. The van der Waals surface area contributed by atoms with Crippen molar-refractivity contribution in [3.05, 3.63) is 35.9 Å². The van der Waals surface area contributed by atoms with Crippen molar-refractivity contribution < 1.29 is 18.9 Å². The SMILES string of the molecule is CC[C@H](C)C[P@](C)(=O)COCc1ccccc1.O=C=O. The Hall–Kier alpha value is -1.21. The summed E-state index contributed by atoms with van der Waals surface area (Å²) in [5, 5.41) is 0. The van der Waals surface area contributed by atoms with E-state index in [0.717, 1.165) is 18.1 Å². The van der Waals surface area contributed by atoms with Crippen LogP contribution in [0.3, 0.4) is 0 Å². The summed E-state index contributed by atoms with van der Waals surface area (Å²) >= 11 is 0. The summed E-state index contributed by atoms with van der Waals surface area (Å²) in [6.07, 6.45) is 2.51. The number of hydrogen-bond acceptors (Lipinski definition) is 4. The molecule has 1 aromatic carbocycles. The van der Waals surface area contributed by atoms with E-state index in [0.29, 0.717) is 18.9 Å². The highest BCUT2D eigenvalue weighted by molar-refractivity contribution is 7.62. The summed E-state index contributed by atoms with van der Waals surface area (Å²) in [5.41, 5.74) is 1.14. The van der Waals surface area contributed by atoms with E-state index in [-0.39, 0.29) is 6.15 Å². The average Bonchev–Trinajstić information content (AvgIpc) is 2.40. The number of benzene rings is 1. The van der Waals surface area contributed by atoms with Gasteiger partial charge in [0.15, 0.2) is 0 Å². The average molecular weight is 298 g/mol. The fourth-order valence-electron chi connectivity index (χ4n) is 1.77. The Morgan fingerprint density at radius 2 is 1.80 bits per heavy atom. The Kier molecular flexibility index (Phi) is 9.92. The van der Waals surface area contributed by atoms with Crippen LogP contribution >= 0.6 is 7.14 Å². The largest absolute Gasteiger partial charge is 0.373 e. The second-order valence-corrected chi connectivity index (χ2v) is 8.26. The Bertz CT molecular complexity index is 438. The van der Waals surface area contributed by atoms with Gasteiger partial charge in [-0.2, -0.15) is 9.59 Å². The molecular weight excluding hydrogens is 275 g/mol. The maximum absolute atomic E-state index is 12.2. The van der Waals surface area contributed by atoms with Crippen LogP contribution in [0.15, 0.2) is 30.3 Å². The van der Waals surface area contributed by atoms with E-state index in [4.69, 9.17) is 14.3 Å². The topological polar surface area (TPSA) is 60.4 Å². The van der Waals surface area contributed by atoms with Crippen LogP contribution < -0.4 is 0 Å². The van der Waals surface area contributed by atoms with Crippen molar-refractivity contribution >= 4 is 13.3 Å². The minimum Gasteiger partial charge on any atom is -0.369 e. The number of rotatable bonds is 7. The molecule has 5 heteroatoms. The molecule has 0 aromatic heterocycles. The first-order chi connectivity index (χ1) is 9.45. The second-order valence-electron chi connectivity index (χ2n) is 5.04. The van der Waals surface area contributed by atoms with Crippen LogP contribution in [0.5, 0.6) is 0 Å². The Balaban J connectivity index is 0.00000110. The summed E-state index contributed by atoms with van der Waals surface area (Å²) in [5.74, 6) is 0.520. The summed E-state index contributed by atoms with van der Waals surface area (Å²) in [7, 11) is -2.12. The van der Waals surface area contributed by atoms with Gasteiger partial charge < -0.3 is 9.30 Å². The molecule has 0 heterocycles. The zero-order chi connectivity index (χ0) is 15.4. The minimum absolute atomic E-state index is 0.250. The van der Waals surface area contributed by atoms with Crippen molar-refractivity contribution in [1.82, 2.24) is 0 Å². The summed E-state index contributed by atoms with van der Waals surface area (Å²) < 4.78 is 17.8. The summed E-state index contributed by atoms with van der Waals surface area (Å²) in [4.78, 5) is 16.2. The molecule has 0 saturated heterocycles. The van der Waals surface area contributed by atoms with Gasteiger partial charge in [-0.25, -0.2) is 0 Å². The predicted molar refractivity (Wildman–Crippen MR) is 79.0 cm³/mol. The van der Waals surface area contributed by atoms with Gasteiger partial charge in [-0.05, 0) is 18.1 Å². The van der Waals surface area contributed by atoms with E-state index >= 15 is 0 Å². The maximum atomic E-state index is 12.2. The van der Waals surface area contributed by atoms with Crippen LogP contribution in [0.25, 0.3) is 0 Å². The fraction of sp³-hybridized carbons (Fsp3) is 0.533. The van der Waals surface area contributed by atoms with Gasteiger partial charge in [0.2, 0.25) is 0 Å². The van der Waals surface area contributed by atoms with Gasteiger partial charge in [0.25, 0.3) is 0 Å². The van der Waals surface area contributed by atoms with Gasteiger partial charge in [0, 0.05) is 6.16 Å². The first kappa shape index (κ1) is 18.8. The van der Waals surface area contributed by atoms with Crippen LogP contribution in [0, 0.1) is 5.92 Å². The number of carbonyl (C=O) groups excluding carboxylic acids is 2. The quantitative estimate of drug-likeness (QED) is 0.721. The van der Waals surface area contributed by atoms with E-state index in [1.807, 2.05) is 37.0 Å². The number of hydrogen-bond donors (Lipinski definition) is 0. The van der Waals surface area contributed by atoms with Crippen molar-refractivity contribution in [3.63, 3.8) is 0 Å². The zero-order valence-corrected chi connectivity index (χ0v) is 13.3. The maximum Gasteiger partial charge on any atom is 0.373 e. The highest BCUT2D eigenvalue weighted by Crippen LogP contribution is 2.43. The molecule has 0 aliphatic carbocycles. The van der Waals surface area contributed by atoms with Gasteiger partial charge in [0.1, 0.15) is 7.14 Å². The molecule has 0 N–H and O–H groups in total. The lowest BCUT2D eigenvalue weighted by atomic mass is 10.2. The Morgan fingerprint density at radius 1 is 1.25 bits per heavy atom. The van der Waals surface area contributed by atoms with E-state index < -0.39 is 7.14 Å². The molecule has 1 rings (SSSR count). The molecule has 0 aliphatic heterocycles. The fourth-order valence-corrected chi connectivity index (χ4v) is 3.93. The molecule has 0 amide bonds. The Labute approximate surface area is 120 Å². The highest BCUT2D eigenvalue weighted by atomic mass is 31.2. The van der Waals surface area contributed by atoms with Crippen molar-refractivity contribution in [2.45, 2.75) is 26.9 Å². The van der Waals surface area contributed by atoms with E-state index in [9.17, 15) is 4.57 Å². The molecule has 2 atom stereocenters. The molecule has 0 aliphatic rings. The van der Waals surface area contributed by atoms with E-state index in [1.54, 1.807) is 0 Å². The van der Waals surface area contributed by atoms with Gasteiger partial charge >= 0.3 is 6.15 Å². The third kappa shape index (κ3) is 9.69. The molecule has 0 saturated carbocycles. The normalized spacial score (nSPS) is 14.3. The smallest absolute Gasteiger partial charge is 0.369 e.